The van der Waals surface area contributed by atoms with Crippen LogP contribution >= 0.6 is 0 Å². The average Bonchev–Trinajstić information content (AvgIpc) is 1.99. The molecular formula is C12H20N2O. The van der Waals surface area contributed by atoms with E-state index in [1.807, 2.05) is 41.5 Å². The van der Waals surface area contributed by atoms with Crippen LogP contribution in [0.4, 0.5) is 0 Å². The summed E-state index contributed by atoms with van der Waals surface area (Å²) in [7, 11) is 0. The topological polar surface area (TPSA) is 39.8 Å². The first kappa shape index (κ1) is 12.0. The van der Waals surface area contributed by atoms with Crippen molar-refractivity contribution in [3.63, 3.8) is 0 Å². The van der Waals surface area contributed by atoms with Crippen LogP contribution in [-0.2, 0) is 10.8 Å². The summed E-state index contributed by atoms with van der Waals surface area (Å²) in [4.78, 5) is 4.36. The molecule has 0 atom stereocenters. The van der Waals surface area contributed by atoms with Crippen molar-refractivity contribution in [2.45, 2.75) is 52.4 Å². The predicted octanol–water partition coefficient (Wildman–Crippen LogP) is 2.31. The predicted molar refractivity (Wildman–Crippen MR) is 60.6 cm³/mol. The number of rotatable bonds is 0. The number of nitrogens with zero attached hydrogens (tertiary/aromatic N) is 2. The lowest BCUT2D eigenvalue weighted by atomic mass is 9.90. The molecular weight excluding hydrogens is 188 g/mol. The van der Waals surface area contributed by atoms with Crippen LogP contribution in [0.25, 0.3) is 0 Å². The van der Waals surface area contributed by atoms with Gasteiger partial charge in [0.1, 0.15) is 5.69 Å². The van der Waals surface area contributed by atoms with Gasteiger partial charge >= 0.3 is 0 Å². The maximum Gasteiger partial charge on any atom is 0.216 e. The van der Waals surface area contributed by atoms with Gasteiger partial charge in [-0.05, 0) is 0 Å². The molecule has 0 N–H and O–H groups in total. The summed E-state index contributed by atoms with van der Waals surface area (Å²) in [6.45, 7) is 12.2. The van der Waals surface area contributed by atoms with E-state index in [-0.39, 0.29) is 10.8 Å². The highest BCUT2D eigenvalue weighted by Crippen LogP contribution is 2.21. The fourth-order valence-corrected chi connectivity index (χ4v) is 1.31. The van der Waals surface area contributed by atoms with Crippen LogP contribution in [0.2, 0.25) is 0 Å². The van der Waals surface area contributed by atoms with Crippen molar-refractivity contribution in [3.8, 4) is 0 Å². The molecule has 0 amide bonds. The van der Waals surface area contributed by atoms with E-state index >= 15 is 0 Å². The van der Waals surface area contributed by atoms with E-state index in [2.05, 4.69) is 4.98 Å². The van der Waals surface area contributed by atoms with E-state index in [9.17, 15) is 5.21 Å². The Morgan fingerprint density at radius 3 is 1.93 bits per heavy atom. The van der Waals surface area contributed by atoms with Gasteiger partial charge < -0.3 is 5.21 Å². The van der Waals surface area contributed by atoms with Gasteiger partial charge in [-0.25, -0.2) is 4.98 Å². The lowest BCUT2D eigenvalue weighted by Gasteiger charge is -2.20. The third kappa shape index (κ3) is 2.67. The molecule has 0 bridgehead atoms. The van der Waals surface area contributed by atoms with Gasteiger partial charge in [-0.1, -0.05) is 41.5 Å². The smallest absolute Gasteiger partial charge is 0.216 e. The Morgan fingerprint density at radius 1 is 1.07 bits per heavy atom. The fraction of sp³-hybridized carbons (Fsp3) is 0.667. The zero-order chi connectivity index (χ0) is 11.9. The minimum absolute atomic E-state index is 0.0808. The zero-order valence-electron chi connectivity index (χ0n) is 10.5. The second-order valence-corrected chi connectivity index (χ2v) is 5.98. The Morgan fingerprint density at radius 2 is 1.60 bits per heavy atom. The van der Waals surface area contributed by atoms with Crippen molar-refractivity contribution in [2.75, 3.05) is 0 Å². The summed E-state index contributed by atoms with van der Waals surface area (Å²) in [6.07, 6.45) is 3.27. The maximum absolute atomic E-state index is 11.8. The summed E-state index contributed by atoms with van der Waals surface area (Å²) in [6, 6.07) is 0. The normalized spacial score (nSPS) is 12.9. The lowest BCUT2D eigenvalue weighted by molar-refractivity contribution is -0.619. The van der Waals surface area contributed by atoms with E-state index in [0.717, 1.165) is 10.4 Å². The number of aromatic nitrogens is 2. The van der Waals surface area contributed by atoms with E-state index in [1.54, 1.807) is 12.4 Å². The molecule has 0 spiro atoms. The van der Waals surface area contributed by atoms with Crippen molar-refractivity contribution in [1.82, 2.24) is 4.98 Å². The molecule has 1 rings (SSSR count). The van der Waals surface area contributed by atoms with Crippen molar-refractivity contribution in [2.24, 2.45) is 0 Å². The maximum atomic E-state index is 11.8. The first-order valence-corrected chi connectivity index (χ1v) is 5.22. The summed E-state index contributed by atoms with van der Waals surface area (Å²) >= 11 is 0. The van der Waals surface area contributed by atoms with Crippen LogP contribution in [-0.4, -0.2) is 4.98 Å². The molecule has 0 unspecified atom stereocenters. The lowest BCUT2D eigenvalue weighted by Crippen LogP contribution is -2.40. The Balaban J connectivity index is 3.21. The van der Waals surface area contributed by atoms with Gasteiger partial charge in [-0.2, -0.15) is 4.73 Å². The van der Waals surface area contributed by atoms with Crippen molar-refractivity contribution in [1.29, 1.82) is 0 Å². The second kappa shape index (κ2) is 3.47. The zero-order valence-corrected chi connectivity index (χ0v) is 10.5. The van der Waals surface area contributed by atoms with E-state index in [1.165, 1.54) is 0 Å². The van der Waals surface area contributed by atoms with Gasteiger partial charge in [0.2, 0.25) is 11.9 Å². The molecule has 0 saturated heterocycles. The highest BCUT2D eigenvalue weighted by molar-refractivity contribution is 5.10. The monoisotopic (exact) mass is 208 g/mol. The van der Waals surface area contributed by atoms with Crippen molar-refractivity contribution < 1.29 is 4.73 Å². The average molecular weight is 208 g/mol. The molecule has 0 aliphatic carbocycles. The van der Waals surface area contributed by atoms with Gasteiger partial charge in [-0.15, -0.1) is 0 Å². The molecule has 0 saturated carbocycles. The highest BCUT2D eigenvalue weighted by atomic mass is 16.5. The molecule has 1 heterocycles. The Kier molecular flexibility index (Phi) is 2.77. The minimum atomic E-state index is -0.162. The molecule has 3 heteroatoms. The van der Waals surface area contributed by atoms with Gasteiger partial charge in [0, 0.05) is 10.8 Å². The molecule has 0 radical (unpaired) electrons. The third-order valence-electron chi connectivity index (χ3n) is 2.34. The molecule has 3 nitrogen and oxygen atoms in total. The van der Waals surface area contributed by atoms with Gasteiger partial charge in [0.05, 0.1) is 6.20 Å². The Labute approximate surface area is 91.7 Å². The molecule has 1 aromatic heterocycles. The van der Waals surface area contributed by atoms with Crippen LogP contribution in [0.15, 0.2) is 12.4 Å². The van der Waals surface area contributed by atoms with Crippen LogP contribution in [0.5, 0.6) is 0 Å². The molecule has 84 valence electrons. The number of hydrogen-bond donors (Lipinski definition) is 0. The summed E-state index contributed by atoms with van der Waals surface area (Å²) < 4.78 is 0.938. The number of hydrogen-bond acceptors (Lipinski definition) is 2. The third-order valence-corrected chi connectivity index (χ3v) is 2.34. The van der Waals surface area contributed by atoms with Gasteiger partial charge in [-0.3, -0.25) is 0 Å². The Hall–Kier alpha value is -1.12. The highest BCUT2D eigenvalue weighted by Gasteiger charge is 2.26. The molecule has 0 aliphatic rings. The van der Waals surface area contributed by atoms with E-state index in [0.29, 0.717) is 5.69 Å². The summed E-state index contributed by atoms with van der Waals surface area (Å²) in [5.41, 5.74) is 1.29. The van der Waals surface area contributed by atoms with Crippen molar-refractivity contribution in [3.05, 3.63) is 29.0 Å². The van der Waals surface area contributed by atoms with E-state index in [4.69, 9.17) is 0 Å². The summed E-state index contributed by atoms with van der Waals surface area (Å²) in [5.74, 6) is 0. The van der Waals surface area contributed by atoms with Crippen LogP contribution in [0.1, 0.15) is 52.9 Å². The largest absolute Gasteiger partial charge is 0.618 e. The van der Waals surface area contributed by atoms with E-state index < -0.39 is 0 Å². The first-order chi connectivity index (χ1) is 6.62. The molecule has 0 fully saturated rings. The fourth-order valence-electron chi connectivity index (χ4n) is 1.31. The molecule has 0 aromatic carbocycles. The molecule has 0 aliphatic heterocycles. The molecule has 15 heavy (non-hydrogen) atoms. The van der Waals surface area contributed by atoms with Gasteiger partial charge in [0.15, 0.2) is 0 Å². The first-order valence-electron chi connectivity index (χ1n) is 5.22. The quantitative estimate of drug-likeness (QED) is 0.485. The second-order valence-electron chi connectivity index (χ2n) is 5.98. The minimum Gasteiger partial charge on any atom is -0.618 e. The van der Waals surface area contributed by atoms with Crippen LogP contribution in [0.3, 0.4) is 0 Å². The van der Waals surface area contributed by atoms with Gasteiger partial charge in [0.25, 0.3) is 0 Å². The molecule has 1 aromatic rings. The van der Waals surface area contributed by atoms with Crippen LogP contribution in [0, 0.1) is 5.21 Å². The standard InChI is InChI=1S/C12H20N2O/c1-11(2,3)9-8-14(15)10(7-13-9)12(4,5)6/h7-8H,1-6H3. The van der Waals surface area contributed by atoms with Crippen LogP contribution < -0.4 is 4.73 Å². The van der Waals surface area contributed by atoms with Crippen molar-refractivity contribution >= 4 is 0 Å². The SMILES string of the molecule is CC(C)(C)c1c[n+]([O-])c(C(C)(C)C)cn1. The summed E-state index contributed by atoms with van der Waals surface area (Å²) in [5, 5.41) is 11.8. The Bertz CT molecular complexity index is 359.